The van der Waals surface area contributed by atoms with E-state index >= 15 is 0 Å². The van der Waals surface area contributed by atoms with Crippen LogP contribution >= 0.6 is 11.6 Å². The Morgan fingerprint density at radius 1 is 1.57 bits per heavy atom. The highest BCUT2D eigenvalue weighted by Gasteiger charge is 2.07. The van der Waals surface area contributed by atoms with Crippen LogP contribution < -0.4 is 10.6 Å². The van der Waals surface area contributed by atoms with Crippen molar-refractivity contribution in [3.05, 3.63) is 11.5 Å². The van der Waals surface area contributed by atoms with Crippen molar-refractivity contribution in [2.24, 2.45) is 0 Å². The van der Waals surface area contributed by atoms with Gasteiger partial charge in [0.2, 0.25) is 0 Å². The second kappa shape index (κ2) is 4.97. The molecular weight excluding hydrogens is 204 g/mol. The van der Waals surface area contributed by atoms with E-state index in [9.17, 15) is 0 Å². The number of nitrogens with one attached hydrogen (secondary N) is 2. The summed E-state index contributed by atoms with van der Waals surface area (Å²) >= 11 is 5.83. The van der Waals surface area contributed by atoms with Gasteiger partial charge in [0.05, 0.1) is 6.10 Å². The van der Waals surface area contributed by atoms with Crippen molar-refractivity contribution in [3.63, 3.8) is 0 Å². The second-order valence-electron chi connectivity index (χ2n) is 2.87. The number of aromatic nitrogens is 2. The average Bonchev–Trinajstić information content (AvgIpc) is 2.14. The molecule has 1 atom stereocenters. The minimum atomic E-state index is -0.437. The van der Waals surface area contributed by atoms with E-state index in [-0.39, 0.29) is 0 Å². The molecule has 1 rings (SSSR count). The van der Waals surface area contributed by atoms with E-state index < -0.39 is 6.10 Å². The molecular formula is C8H13ClN4O. The van der Waals surface area contributed by atoms with Gasteiger partial charge in [-0.05, 0) is 6.92 Å². The molecule has 1 aromatic rings. The van der Waals surface area contributed by atoms with E-state index in [1.165, 1.54) is 6.33 Å². The number of halogens is 1. The van der Waals surface area contributed by atoms with Gasteiger partial charge in [-0.15, -0.1) is 0 Å². The zero-order valence-corrected chi connectivity index (χ0v) is 8.84. The molecule has 1 heterocycles. The molecule has 0 aliphatic heterocycles. The fraction of sp³-hybridized carbons (Fsp3) is 0.500. The van der Waals surface area contributed by atoms with Crippen LogP contribution in [-0.2, 0) is 0 Å². The maximum Gasteiger partial charge on any atom is 0.157 e. The molecule has 0 aliphatic rings. The number of aliphatic hydroxyl groups excluding tert-OH is 1. The van der Waals surface area contributed by atoms with E-state index in [0.717, 1.165) is 0 Å². The van der Waals surface area contributed by atoms with Crippen molar-refractivity contribution >= 4 is 23.1 Å². The minimum Gasteiger partial charge on any atom is -0.392 e. The predicted molar refractivity (Wildman–Crippen MR) is 56.8 cm³/mol. The van der Waals surface area contributed by atoms with Gasteiger partial charge in [0.25, 0.3) is 0 Å². The van der Waals surface area contributed by atoms with Crippen LogP contribution in [0.5, 0.6) is 0 Å². The highest BCUT2D eigenvalue weighted by atomic mass is 35.5. The highest BCUT2D eigenvalue weighted by molar-refractivity contribution is 6.32. The Bertz CT molecular complexity index is 305. The van der Waals surface area contributed by atoms with E-state index in [1.54, 1.807) is 14.0 Å². The van der Waals surface area contributed by atoms with E-state index in [2.05, 4.69) is 20.6 Å². The summed E-state index contributed by atoms with van der Waals surface area (Å²) in [6.07, 6.45) is 0.932. The standard InChI is InChI=1S/C8H13ClN4O/c1-5(14)3-11-8-6(10-2)7(9)12-4-13-8/h4-5,10,14H,3H2,1-2H3,(H,11,12,13)/t5-/m1/s1. The first-order chi connectivity index (χ1) is 6.65. The van der Waals surface area contributed by atoms with Crippen LogP contribution in [0, 0.1) is 0 Å². The van der Waals surface area contributed by atoms with Gasteiger partial charge in [0.15, 0.2) is 11.0 Å². The molecule has 0 unspecified atom stereocenters. The molecule has 0 bridgehead atoms. The lowest BCUT2D eigenvalue weighted by molar-refractivity contribution is 0.208. The normalized spacial score (nSPS) is 12.3. The maximum atomic E-state index is 9.09. The summed E-state index contributed by atoms with van der Waals surface area (Å²) in [5.74, 6) is 0.591. The van der Waals surface area contributed by atoms with Gasteiger partial charge in [-0.1, -0.05) is 11.6 Å². The molecule has 0 amide bonds. The summed E-state index contributed by atoms with van der Waals surface area (Å²) in [7, 11) is 1.73. The number of aliphatic hydroxyl groups is 1. The summed E-state index contributed by atoms with van der Waals surface area (Å²) < 4.78 is 0. The molecule has 0 saturated heterocycles. The Morgan fingerprint density at radius 2 is 2.29 bits per heavy atom. The van der Waals surface area contributed by atoms with Gasteiger partial charge in [0, 0.05) is 13.6 Å². The molecule has 0 fully saturated rings. The molecule has 1 aromatic heterocycles. The average molecular weight is 217 g/mol. The number of hydrogen-bond donors (Lipinski definition) is 3. The fourth-order valence-electron chi connectivity index (χ4n) is 0.964. The van der Waals surface area contributed by atoms with Crippen molar-refractivity contribution in [1.82, 2.24) is 9.97 Å². The molecule has 14 heavy (non-hydrogen) atoms. The quantitative estimate of drug-likeness (QED) is 0.655. The molecule has 0 radical (unpaired) electrons. The van der Waals surface area contributed by atoms with E-state index in [0.29, 0.717) is 23.2 Å². The summed E-state index contributed by atoms with van der Waals surface area (Å²) in [6, 6.07) is 0. The van der Waals surface area contributed by atoms with Crippen LogP contribution in [0.15, 0.2) is 6.33 Å². The van der Waals surface area contributed by atoms with E-state index in [1.807, 2.05) is 0 Å². The van der Waals surface area contributed by atoms with Crippen molar-refractivity contribution in [1.29, 1.82) is 0 Å². The lowest BCUT2D eigenvalue weighted by Crippen LogP contribution is -2.17. The Balaban J connectivity index is 2.80. The van der Waals surface area contributed by atoms with Gasteiger partial charge < -0.3 is 15.7 Å². The topological polar surface area (TPSA) is 70.1 Å². The largest absolute Gasteiger partial charge is 0.392 e. The van der Waals surface area contributed by atoms with Crippen molar-refractivity contribution in [2.45, 2.75) is 13.0 Å². The molecule has 0 spiro atoms. The van der Waals surface area contributed by atoms with Crippen LogP contribution in [0.3, 0.4) is 0 Å². The molecule has 6 heteroatoms. The summed E-state index contributed by atoms with van der Waals surface area (Å²) in [5.41, 5.74) is 0.634. The van der Waals surface area contributed by atoms with Gasteiger partial charge in [-0.3, -0.25) is 0 Å². The highest BCUT2D eigenvalue weighted by Crippen LogP contribution is 2.24. The Labute approximate surface area is 87.5 Å². The van der Waals surface area contributed by atoms with Crippen LogP contribution in [-0.4, -0.2) is 34.8 Å². The van der Waals surface area contributed by atoms with Crippen molar-refractivity contribution in [3.8, 4) is 0 Å². The number of hydrogen-bond acceptors (Lipinski definition) is 5. The lowest BCUT2D eigenvalue weighted by Gasteiger charge is -2.11. The lowest BCUT2D eigenvalue weighted by atomic mass is 10.4. The Morgan fingerprint density at radius 3 is 2.86 bits per heavy atom. The third-order valence-electron chi connectivity index (χ3n) is 1.62. The van der Waals surface area contributed by atoms with Crippen LogP contribution in [0.2, 0.25) is 5.15 Å². The molecule has 78 valence electrons. The first kappa shape index (κ1) is 11.0. The molecule has 0 aromatic carbocycles. The monoisotopic (exact) mass is 216 g/mol. The first-order valence-electron chi connectivity index (χ1n) is 4.25. The summed E-state index contributed by atoms with van der Waals surface area (Å²) in [5, 5.41) is 15.3. The minimum absolute atomic E-state index is 0.357. The van der Waals surface area contributed by atoms with Crippen LogP contribution in [0.25, 0.3) is 0 Å². The molecule has 3 N–H and O–H groups in total. The predicted octanol–water partition coefficient (Wildman–Crippen LogP) is 0.964. The molecule has 0 saturated carbocycles. The molecule has 5 nitrogen and oxygen atoms in total. The molecule has 0 aliphatic carbocycles. The maximum absolute atomic E-state index is 9.09. The Hall–Kier alpha value is -1.07. The van der Waals surface area contributed by atoms with E-state index in [4.69, 9.17) is 16.7 Å². The zero-order chi connectivity index (χ0) is 10.6. The second-order valence-corrected chi connectivity index (χ2v) is 3.23. The SMILES string of the molecule is CNc1c(Cl)ncnc1NC[C@@H](C)O. The Kier molecular flexibility index (Phi) is 3.91. The van der Waals surface area contributed by atoms with Gasteiger partial charge in [-0.2, -0.15) is 0 Å². The number of rotatable bonds is 4. The summed E-state index contributed by atoms with van der Waals surface area (Å²) in [6.45, 7) is 2.11. The van der Waals surface area contributed by atoms with Gasteiger partial charge in [-0.25, -0.2) is 9.97 Å². The van der Waals surface area contributed by atoms with Crippen molar-refractivity contribution in [2.75, 3.05) is 24.2 Å². The third kappa shape index (κ3) is 2.71. The fourth-order valence-corrected chi connectivity index (χ4v) is 1.19. The van der Waals surface area contributed by atoms with Gasteiger partial charge >= 0.3 is 0 Å². The number of nitrogens with zero attached hydrogens (tertiary/aromatic N) is 2. The zero-order valence-electron chi connectivity index (χ0n) is 8.08. The van der Waals surface area contributed by atoms with Crippen LogP contribution in [0.4, 0.5) is 11.5 Å². The smallest absolute Gasteiger partial charge is 0.157 e. The van der Waals surface area contributed by atoms with Gasteiger partial charge in [0.1, 0.15) is 12.0 Å². The summed E-state index contributed by atoms with van der Waals surface area (Å²) in [4.78, 5) is 7.83. The van der Waals surface area contributed by atoms with Crippen LogP contribution in [0.1, 0.15) is 6.92 Å². The van der Waals surface area contributed by atoms with Crippen molar-refractivity contribution < 1.29 is 5.11 Å². The first-order valence-corrected chi connectivity index (χ1v) is 4.63. The number of anilines is 2. The third-order valence-corrected chi connectivity index (χ3v) is 1.90.